The van der Waals surface area contributed by atoms with Crippen LogP contribution in [-0.2, 0) is 4.79 Å². The number of hydrogen-bond donors (Lipinski definition) is 1. The van der Waals surface area contributed by atoms with Crippen molar-refractivity contribution in [3.8, 4) is 0 Å². The van der Waals surface area contributed by atoms with Crippen molar-refractivity contribution >= 4 is 17.4 Å². The molecule has 0 unspecified atom stereocenters. The Morgan fingerprint density at radius 2 is 1.52 bits per heavy atom. The third-order valence-corrected chi connectivity index (χ3v) is 3.33. The molecule has 0 bridgehead atoms. The summed E-state index contributed by atoms with van der Waals surface area (Å²) in [5.74, 6) is -0.427. The Balaban J connectivity index is 2.10. The van der Waals surface area contributed by atoms with Crippen LogP contribution >= 0.6 is 0 Å². The number of anilines is 1. The highest BCUT2D eigenvalue weighted by atomic mass is 16.2. The molecule has 0 atom stereocenters. The van der Waals surface area contributed by atoms with Crippen molar-refractivity contribution in [1.82, 2.24) is 0 Å². The lowest BCUT2D eigenvalue weighted by Crippen LogP contribution is -2.18. The number of amides is 1. The van der Waals surface area contributed by atoms with Crippen molar-refractivity contribution in [2.24, 2.45) is 0 Å². The standard InChI is InChI=1S/C18H19NO2/c1-12-9-13(2)18(14(3)10-12)16(20)11-17(21)19-15-7-5-4-6-8-15/h4-10H,11H2,1-3H3,(H,19,21). The molecule has 0 aromatic heterocycles. The second-order valence-corrected chi connectivity index (χ2v) is 5.29. The van der Waals surface area contributed by atoms with E-state index in [9.17, 15) is 9.59 Å². The fraction of sp³-hybridized carbons (Fsp3) is 0.222. The first kappa shape index (κ1) is 15.0. The quantitative estimate of drug-likeness (QED) is 0.684. The molecule has 1 amide bonds. The largest absolute Gasteiger partial charge is 0.326 e. The van der Waals surface area contributed by atoms with Gasteiger partial charge >= 0.3 is 0 Å². The Morgan fingerprint density at radius 1 is 0.952 bits per heavy atom. The number of rotatable bonds is 4. The Morgan fingerprint density at radius 3 is 2.10 bits per heavy atom. The summed E-state index contributed by atoms with van der Waals surface area (Å²) in [4.78, 5) is 24.3. The van der Waals surface area contributed by atoms with Crippen LogP contribution in [-0.4, -0.2) is 11.7 Å². The zero-order valence-electron chi connectivity index (χ0n) is 12.6. The van der Waals surface area contributed by atoms with Gasteiger partial charge in [-0.25, -0.2) is 0 Å². The first-order valence-electron chi connectivity index (χ1n) is 6.93. The number of hydrogen-bond acceptors (Lipinski definition) is 2. The van der Waals surface area contributed by atoms with Crippen molar-refractivity contribution in [2.45, 2.75) is 27.2 Å². The van der Waals surface area contributed by atoms with Crippen LogP contribution in [0.4, 0.5) is 5.69 Å². The van der Waals surface area contributed by atoms with Crippen LogP contribution in [0, 0.1) is 20.8 Å². The molecule has 0 aliphatic carbocycles. The van der Waals surface area contributed by atoms with E-state index in [1.807, 2.05) is 51.1 Å². The number of para-hydroxylation sites is 1. The molecular weight excluding hydrogens is 262 g/mol. The predicted octanol–water partition coefficient (Wildman–Crippen LogP) is 3.82. The molecule has 0 heterocycles. The maximum atomic E-state index is 12.3. The Kier molecular flexibility index (Phi) is 4.53. The maximum absolute atomic E-state index is 12.3. The first-order chi connectivity index (χ1) is 9.97. The number of carbonyl (C=O) groups excluding carboxylic acids is 2. The molecule has 0 saturated heterocycles. The smallest absolute Gasteiger partial charge is 0.232 e. The lowest BCUT2D eigenvalue weighted by molar-refractivity contribution is -0.115. The minimum atomic E-state index is -0.287. The summed E-state index contributed by atoms with van der Waals surface area (Å²) in [7, 11) is 0. The summed E-state index contributed by atoms with van der Waals surface area (Å²) in [6, 6.07) is 13.1. The summed E-state index contributed by atoms with van der Waals surface area (Å²) < 4.78 is 0. The maximum Gasteiger partial charge on any atom is 0.232 e. The highest BCUT2D eigenvalue weighted by Gasteiger charge is 2.16. The lowest BCUT2D eigenvalue weighted by atomic mass is 9.95. The second-order valence-electron chi connectivity index (χ2n) is 5.29. The lowest BCUT2D eigenvalue weighted by Gasteiger charge is -2.10. The molecule has 2 rings (SSSR count). The Hall–Kier alpha value is -2.42. The van der Waals surface area contributed by atoms with Gasteiger partial charge in [-0.2, -0.15) is 0 Å². The number of ketones is 1. The van der Waals surface area contributed by atoms with Gasteiger partial charge in [-0.1, -0.05) is 35.9 Å². The molecular formula is C18H19NO2. The minimum absolute atomic E-state index is 0.139. The van der Waals surface area contributed by atoms with Gasteiger partial charge in [0.1, 0.15) is 0 Å². The summed E-state index contributed by atoms with van der Waals surface area (Å²) in [6.07, 6.45) is -0.139. The van der Waals surface area contributed by atoms with Gasteiger partial charge in [0.25, 0.3) is 0 Å². The van der Waals surface area contributed by atoms with E-state index in [0.717, 1.165) is 16.7 Å². The van der Waals surface area contributed by atoms with Crippen LogP contribution < -0.4 is 5.32 Å². The number of Topliss-reactive ketones (excluding diaryl/α,β-unsaturated/α-hetero) is 1. The molecule has 0 aliphatic heterocycles. The highest BCUT2D eigenvalue weighted by Crippen LogP contribution is 2.18. The molecule has 0 fully saturated rings. The average Bonchev–Trinajstić information content (AvgIpc) is 2.38. The van der Waals surface area contributed by atoms with E-state index in [-0.39, 0.29) is 18.1 Å². The van der Waals surface area contributed by atoms with Gasteiger partial charge in [0.2, 0.25) is 5.91 Å². The summed E-state index contributed by atoms with van der Waals surface area (Å²) in [5, 5.41) is 2.73. The molecule has 2 aromatic carbocycles. The average molecular weight is 281 g/mol. The van der Waals surface area contributed by atoms with Crippen molar-refractivity contribution in [1.29, 1.82) is 0 Å². The van der Waals surface area contributed by atoms with Crippen LogP contribution in [0.5, 0.6) is 0 Å². The summed E-state index contributed by atoms with van der Waals surface area (Å²) >= 11 is 0. The molecule has 3 heteroatoms. The zero-order chi connectivity index (χ0) is 15.4. The number of nitrogens with one attached hydrogen (secondary N) is 1. The summed E-state index contributed by atoms with van der Waals surface area (Å²) in [5.41, 5.74) is 4.32. The fourth-order valence-corrected chi connectivity index (χ4v) is 2.58. The number of benzene rings is 2. The van der Waals surface area contributed by atoms with Crippen molar-refractivity contribution < 1.29 is 9.59 Å². The SMILES string of the molecule is Cc1cc(C)c(C(=O)CC(=O)Nc2ccccc2)c(C)c1. The summed E-state index contributed by atoms with van der Waals surface area (Å²) in [6.45, 7) is 5.81. The van der Waals surface area contributed by atoms with Crippen LogP contribution in [0.15, 0.2) is 42.5 Å². The zero-order valence-corrected chi connectivity index (χ0v) is 12.6. The Labute approximate surface area is 125 Å². The Bertz CT molecular complexity index is 652. The van der Waals surface area contributed by atoms with Gasteiger partial charge in [-0.15, -0.1) is 0 Å². The van der Waals surface area contributed by atoms with Crippen molar-refractivity contribution in [2.75, 3.05) is 5.32 Å². The highest BCUT2D eigenvalue weighted by molar-refractivity contribution is 6.12. The molecule has 21 heavy (non-hydrogen) atoms. The molecule has 108 valence electrons. The van der Waals surface area contributed by atoms with Gasteiger partial charge in [0, 0.05) is 11.3 Å². The minimum Gasteiger partial charge on any atom is -0.326 e. The normalized spacial score (nSPS) is 10.2. The van der Waals surface area contributed by atoms with Crippen LogP contribution in [0.25, 0.3) is 0 Å². The van der Waals surface area contributed by atoms with Gasteiger partial charge in [-0.05, 0) is 44.0 Å². The third-order valence-electron chi connectivity index (χ3n) is 3.33. The van der Waals surface area contributed by atoms with E-state index in [1.165, 1.54) is 0 Å². The number of carbonyl (C=O) groups is 2. The van der Waals surface area contributed by atoms with Crippen LogP contribution in [0.2, 0.25) is 0 Å². The molecule has 0 spiro atoms. The third kappa shape index (κ3) is 3.78. The van der Waals surface area contributed by atoms with Gasteiger partial charge < -0.3 is 5.32 Å². The fourth-order valence-electron chi connectivity index (χ4n) is 2.58. The topological polar surface area (TPSA) is 46.2 Å². The van der Waals surface area contributed by atoms with E-state index >= 15 is 0 Å². The van der Waals surface area contributed by atoms with Gasteiger partial charge in [-0.3, -0.25) is 9.59 Å². The molecule has 0 saturated carbocycles. The van der Waals surface area contributed by atoms with Gasteiger partial charge in [0.05, 0.1) is 6.42 Å². The van der Waals surface area contributed by atoms with E-state index < -0.39 is 0 Å². The number of aryl methyl sites for hydroxylation is 3. The van der Waals surface area contributed by atoms with E-state index in [4.69, 9.17) is 0 Å². The first-order valence-corrected chi connectivity index (χ1v) is 6.93. The molecule has 3 nitrogen and oxygen atoms in total. The molecule has 1 N–H and O–H groups in total. The van der Waals surface area contributed by atoms with Crippen LogP contribution in [0.3, 0.4) is 0 Å². The van der Waals surface area contributed by atoms with E-state index in [1.54, 1.807) is 12.1 Å². The second kappa shape index (κ2) is 6.35. The molecule has 2 aromatic rings. The monoisotopic (exact) mass is 281 g/mol. The van der Waals surface area contributed by atoms with E-state index in [2.05, 4.69) is 5.32 Å². The molecule has 0 radical (unpaired) electrons. The predicted molar refractivity (Wildman–Crippen MR) is 84.7 cm³/mol. The van der Waals surface area contributed by atoms with Crippen LogP contribution in [0.1, 0.15) is 33.5 Å². The van der Waals surface area contributed by atoms with Crippen molar-refractivity contribution in [3.05, 3.63) is 64.7 Å². The van der Waals surface area contributed by atoms with Gasteiger partial charge in [0.15, 0.2) is 5.78 Å². The van der Waals surface area contributed by atoms with E-state index in [0.29, 0.717) is 11.3 Å². The molecule has 0 aliphatic rings. The van der Waals surface area contributed by atoms with Crippen molar-refractivity contribution in [3.63, 3.8) is 0 Å².